The van der Waals surface area contributed by atoms with E-state index in [0.717, 1.165) is 16.9 Å². The Balaban J connectivity index is 2.00. The van der Waals surface area contributed by atoms with Crippen LogP contribution in [0.3, 0.4) is 0 Å². The summed E-state index contributed by atoms with van der Waals surface area (Å²) in [6.45, 7) is 0.769. The Morgan fingerprint density at radius 2 is 2.00 bits per heavy atom. The average molecular weight is 414 g/mol. The number of thioether (sulfide) groups is 1. The monoisotopic (exact) mass is 413 g/mol. The molecule has 0 radical (unpaired) electrons. The maximum absolute atomic E-state index is 11.4. The lowest BCUT2D eigenvalue weighted by molar-refractivity contribution is -0.139. The van der Waals surface area contributed by atoms with E-state index >= 15 is 0 Å². The lowest BCUT2D eigenvalue weighted by atomic mass is 10.1. The van der Waals surface area contributed by atoms with Crippen molar-refractivity contribution in [3.63, 3.8) is 0 Å². The van der Waals surface area contributed by atoms with E-state index in [2.05, 4.69) is 5.32 Å². The second-order valence-corrected chi connectivity index (χ2v) is 7.50. The zero-order valence-electron chi connectivity index (χ0n) is 14.4. The number of hydrogen-bond acceptors (Lipinski definition) is 4. The van der Waals surface area contributed by atoms with Gasteiger partial charge in [-0.15, -0.1) is 0 Å². The summed E-state index contributed by atoms with van der Waals surface area (Å²) >= 11 is 13.6. The molecule has 0 spiro atoms. The molecule has 0 aliphatic carbocycles. The van der Waals surface area contributed by atoms with E-state index < -0.39 is 12.0 Å². The fraction of sp³-hybridized carbons (Fsp3) is 0.316. The summed E-state index contributed by atoms with van der Waals surface area (Å²) in [6, 6.07) is 12.4. The SMILES string of the molecule is CSCCC(NCc1ccccc1OCc1ccc(Cl)c(Cl)c1)C(=O)O. The Labute approximate surface area is 167 Å². The molecule has 1 unspecified atom stereocenters. The van der Waals surface area contributed by atoms with E-state index in [1.165, 1.54) is 0 Å². The summed E-state index contributed by atoms with van der Waals surface area (Å²) in [6.07, 6.45) is 2.54. The first kappa shape index (κ1) is 20.9. The molecule has 0 amide bonds. The van der Waals surface area contributed by atoms with Crippen LogP contribution in [-0.2, 0) is 17.9 Å². The molecule has 0 aliphatic rings. The topological polar surface area (TPSA) is 58.6 Å². The number of para-hydroxylation sites is 1. The summed E-state index contributed by atoms with van der Waals surface area (Å²) in [4.78, 5) is 11.4. The summed E-state index contributed by atoms with van der Waals surface area (Å²) in [5.41, 5.74) is 1.81. The van der Waals surface area contributed by atoms with Crippen LogP contribution in [0.5, 0.6) is 5.75 Å². The van der Waals surface area contributed by atoms with Crippen molar-refractivity contribution in [2.75, 3.05) is 12.0 Å². The molecule has 140 valence electrons. The Hall–Kier alpha value is -1.40. The van der Waals surface area contributed by atoms with Crippen molar-refractivity contribution in [2.45, 2.75) is 25.6 Å². The van der Waals surface area contributed by atoms with Crippen molar-refractivity contribution >= 4 is 40.9 Å². The molecule has 0 bridgehead atoms. The molecule has 0 saturated carbocycles. The third-order valence-corrected chi connectivity index (χ3v) is 5.18. The fourth-order valence-electron chi connectivity index (χ4n) is 2.36. The zero-order valence-corrected chi connectivity index (χ0v) is 16.7. The summed E-state index contributed by atoms with van der Waals surface area (Å²) in [5.74, 6) is 0.660. The molecule has 2 aromatic carbocycles. The zero-order chi connectivity index (χ0) is 18.9. The van der Waals surface area contributed by atoms with Crippen LogP contribution in [0.25, 0.3) is 0 Å². The first-order chi connectivity index (χ1) is 12.5. The van der Waals surface area contributed by atoms with Crippen LogP contribution in [0, 0.1) is 0 Å². The van der Waals surface area contributed by atoms with Crippen molar-refractivity contribution in [2.24, 2.45) is 0 Å². The predicted octanol–water partition coefficient (Wildman–Crippen LogP) is 4.87. The number of ether oxygens (including phenoxy) is 1. The number of benzene rings is 2. The van der Waals surface area contributed by atoms with Crippen LogP contribution in [0.2, 0.25) is 10.0 Å². The van der Waals surface area contributed by atoms with Gasteiger partial charge in [0.25, 0.3) is 0 Å². The van der Waals surface area contributed by atoms with Gasteiger partial charge in [-0.3, -0.25) is 4.79 Å². The second-order valence-electron chi connectivity index (χ2n) is 5.70. The van der Waals surface area contributed by atoms with E-state index in [0.29, 0.717) is 35.4 Å². The number of halogens is 2. The van der Waals surface area contributed by atoms with E-state index in [4.69, 9.17) is 27.9 Å². The fourth-order valence-corrected chi connectivity index (χ4v) is 3.15. The lowest BCUT2D eigenvalue weighted by Crippen LogP contribution is -2.36. The second kappa shape index (κ2) is 10.7. The largest absolute Gasteiger partial charge is 0.489 e. The minimum Gasteiger partial charge on any atom is -0.489 e. The van der Waals surface area contributed by atoms with Gasteiger partial charge in [-0.25, -0.2) is 0 Å². The van der Waals surface area contributed by atoms with Crippen LogP contribution >= 0.6 is 35.0 Å². The smallest absolute Gasteiger partial charge is 0.320 e. The van der Waals surface area contributed by atoms with Gasteiger partial charge in [0.05, 0.1) is 10.0 Å². The molecule has 7 heteroatoms. The first-order valence-corrected chi connectivity index (χ1v) is 10.3. The van der Waals surface area contributed by atoms with Gasteiger partial charge in [0.1, 0.15) is 18.4 Å². The van der Waals surface area contributed by atoms with Gasteiger partial charge < -0.3 is 15.2 Å². The Kier molecular flexibility index (Phi) is 8.59. The molecule has 0 saturated heterocycles. The van der Waals surface area contributed by atoms with E-state index in [1.54, 1.807) is 23.9 Å². The number of carbonyl (C=O) groups is 1. The highest BCUT2D eigenvalue weighted by atomic mass is 35.5. The molecular formula is C19H21Cl2NO3S. The molecule has 4 nitrogen and oxygen atoms in total. The highest BCUT2D eigenvalue weighted by Gasteiger charge is 2.16. The Morgan fingerprint density at radius 1 is 1.23 bits per heavy atom. The highest BCUT2D eigenvalue weighted by Crippen LogP contribution is 2.24. The molecule has 26 heavy (non-hydrogen) atoms. The van der Waals surface area contributed by atoms with Gasteiger partial charge >= 0.3 is 5.97 Å². The number of nitrogens with one attached hydrogen (secondary N) is 1. The van der Waals surface area contributed by atoms with Gasteiger partial charge in [-0.1, -0.05) is 47.5 Å². The van der Waals surface area contributed by atoms with E-state index in [1.807, 2.05) is 36.6 Å². The standard InChI is InChI=1S/C19H21Cl2NO3S/c1-26-9-8-17(19(23)24)22-11-14-4-2-3-5-18(14)25-12-13-6-7-15(20)16(21)10-13/h2-7,10,17,22H,8-9,11-12H2,1H3,(H,23,24). The van der Waals surface area contributed by atoms with Crippen LogP contribution in [-0.4, -0.2) is 29.1 Å². The Morgan fingerprint density at radius 3 is 2.69 bits per heavy atom. The van der Waals surface area contributed by atoms with Crippen molar-refractivity contribution in [3.8, 4) is 5.75 Å². The van der Waals surface area contributed by atoms with Crippen LogP contribution in [0.4, 0.5) is 0 Å². The van der Waals surface area contributed by atoms with E-state index in [-0.39, 0.29) is 0 Å². The average Bonchev–Trinajstić information content (AvgIpc) is 2.63. The minimum absolute atomic E-state index is 0.350. The third kappa shape index (κ3) is 6.40. The molecule has 0 aromatic heterocycles. The van der Waals surface area contributed by atoms with Gasteiger partial charge in [0.2, 0.25) is 0 Å². The number of hydrogen-bond donors (Lipinski definition) is 2. The van der Waals surface area contributed by atoms with Crippen LogP contribution in [0.15, 0.2) is 42.5 Å². The predicted molar refractivity (Wildman–Crippen MR) is 108 cm³/mol. The number of aliphatic carboxylic acids is 1. The summed E-state index contributed by atoms with van der Waals surface area (Å²) < 4.78 is 5.90. The molecular weight excluding hydrogens is 393 g/mol. The van der Waals surface area contributed by atoms with Crippen molar-refractivity contribution in [1.82, 2.24) is 5.32 Å². The molecule has 1 atom stereocenters. The number of carboxylic acids is 1. The van der Waals surface area contributed by atoms with Gasteiger partial charge in [-0.2, -0.15) is 11.8 Å². The molecule has 0 fully saturated rings. The molecule has 2 aromatic rings. The molecule has 0 heterocycles. The summed E-state index contributed by atoms with van der Waals surface area (Å²) in [7, 11) is 0. The van der Waals surface area contributed by atoms with Crippen molar-refractivity contribution < 1.29 is 14.6 Å². The maximum Gasteiger partial charge on any atom is 0.320 e. The van der Waals surface area contributed by atoms with Gasteiger partial charge in [0, 0.05) is 12.1 Å². The summed E-state index contributed by atoms with van der Waals surface area (Å²) in [5, 5.41) is 13.4. The van der Waals surface area contributed by atoms with Gasteiger partial charge in [-0.05, 0) is 42.2 Å². The number of carboxylic acid groups (broad SMARTS) is 1. The highest BCUT2D eigenvalue weighted by molar-refractivity contribution is 7.98. The van der Waals surface area contributed by atoms with E-state index in [9.17, 15) is 9.90 Å². The van der Waals surface area contributed by atoms with Crippen molar-refractivity contribution in [3.05, 3.63) is 63.6 Å². The third-order valence-electron chi connectivity index (χ3n) is 3.80. The molecule has 2 N–H and O–H groups in total. The Bertz CT molecular complexity index is 742. The molecule has 0 aliphatic heterocycles. The maximum atomic E-state index is 11.4. The first-order valence-electron chi connectivity index (χ1n) is 8.11. The quantitative estimate of drug-likeness (QED) is 0.581. The van der Waals surface area contributed by atoms with Crippen LogP contribution < -0.4 is 10.1 Å². The van der Waals surface area contributed by atoms with Crippen LogP contribution in [0.1, 0.15) is 17.5 Å². The van der Waals surface area contributed by atoms with Gasteiger partial charge in [0.15, 0.2) is 0 Å². The molecule has 2 rings (SSSR count). The lowest BCUT2D eigenvalue weighted by Gasteiger charge is -2.16. The van der Waals surface area contributed by atoms with Crippen molar-refractivity contribution in [1.29, 1.82) is 0 Å². The minimum atomic E-state index is -0.840. The number of rotatable bonds is 10. The normalized spacial score (nSPS) is 12.0.